The second kappa shape index (κ2) is 13.7. The van der Waals surface area contributed by atoms with E-state index in [1.54, 1.807) is 27.1 Å². The van der Waals surface area contributed by atoms with Crippen molar-refractivity contribution >= 4 is 13.3 Å². The summed E-state index contributed by atoms with van der Waals surface area (Å²) in [5.41, 5.74) is 9.18. The van der Waals surface area contributed by atoms with Gasteiger partial charge in [-0.3, -0.25) is 6.08 Å². The molecule has 0 bridgehead atoms. The Bertz CT molecular complexity index is 681. The third-order valence-corrected chi connectivity index (χ3v) is 11.3. The van der Waals surface area contributed by atoms with Gasteiger partial charge in [0.25, 0.3) is 0 Å². The zero-order valence-corrected chi connectivity index (χ0v) is 23.6. The van der Waals surface area contributed by atoms with E-state index in [1.165, 1.54) is 35.6 Å². The molecule has 0 aromatic heterocycles. The fourth-order valence-corrected chi connectivity index (χ4v) is 9.92. The number of rotatable bonds is 6. The normalized spacial score (nSPS) is 14.4. The Balaban J connectivity index is -0.00000156. The first-order chi connectivity index (χ1) is 11.3. The van der Waals surface area contributed by atoms with Crippen molar-refractivity contribution in [1.29, 1.82) is 0 Å². The van der Waals surface area contributed by atoms with Crippen LogP contribution in [0.5, 0.6) is 0 Å². The van der Waals surface area contributed by atoms with Gasteiger partial charge in [0.2, 0.25) is 0 Å². The molecule has 1 aliphatic carbocycles. The molecule has 1 atom stereocenters. The molecule has 0 fully saturated rings. The average molecular weight is 494 g/mol. The summed E-state index contributed by atoms with van der Waals surface area (Å²) in [4.78, 5) is 0. The Labute approximate surface area is 208 Å². The topological polar surface area (TPSA) is 0 Å². The summed E-state index contributed by atoms with van der Waals surface area (Å²) in [5.74, 6) is 0. The van der Waals surface area contributed by atoms with Crippen molar-refractivity contribution in [1.82, 2.24) is 0 Å². The van der Waals surface area contributed by atoms with E-state index in [2.05, 4.69) is 67.2 Å². The Morgan fingerprint density at radius 3 is 1.75 bits per heavy atom. The van der Waals surface area contributed by atoms with Gasteiger partial charge in [-0.1, -0.05) is 50.9 Å². The van der Waals surface area contributed by atoms with Crippen LogP contribution in [-0.2, 0) is 21.7 Å². The van der Waals surface area contributed by atoms with Crippen molar-refractivity contribution in [2.24, 2.45) is 0 Å². The molecule has 0 amide bonds. The van der Waals surface area contributed by atoms with Crippen molar-refractivity contribution in [3.8, 4) is 0 Å². The van der Waals surface area contributed by atoms with Crippen LogP contribution in [0, 0.1) is 40.7 Å². The summed E-state index contributed by atoms with van der Waals surface area (Å²) in [6.45, 7) is 18.9. The minimum atomic E-state index is -1.74. The minimum Gasteiger partial charge on any atom is -1.00 e. The molecule has 2 rings (SSSR count). The van der Waals surface area contributed by atoms with Crippen LogP contribution in [0.25, 0.3) is 0 Å². The van der Waals surface area contributed by atoms with Crippen LogP contribution in [0.2, 0.25) is 12.6 Å². The van der Waals surface area contributed by atoms with Crippen LogP contribution in [0.3, 0.4) is 0 Å². The Kier molecular flexibility index (Phi) is 16.3. The van der Waals surface area contributed by atoms with E-state index in [0.717, 1.165) is 12.8 Å². The van der Waals surface area contributed by atoms with Gasteiger partial charge in [-0.2, -0.15) is 6.08 Å². The first kappa shape index (κ1) is 33.1. The Hall–Kier alpha value is 0.501. The quantitative estimate of drug-likeness (QED) is 0.300. The van der Waals surface area contributed by atoms with E-state index < -0.39 is 8.07 Å². The van der Waals surface area contributed by atoms with Crippen molar-refractivity contribution in [3.63, 3.8) is 0 Å². The number of hydrogen-bond donors (Lipinski definition) is 0. The predicted molar refractivity (Wildman–Crippen MR) is 111 cm³/mol. The molecule has 0 N–H and O–H groups in total. The van der Waals surface area contributed by atoms with Gasteiger partial charge in [-0.15, -0.1) is 6.42 Å². The van der Waals surface area contributed by atoms with Gasteiger partial charge in [0.05, 0.1) is 8.07 Å². The predicted octanol–water partition coefficient (Wildman–Crippen LogP) is -2.67. The molecule has 0 radical (unpaired) electrons. The molecule has 28 heavy (non-hydrogen) atoms. The van der Waals surface area contributed by atoms with Crippen LogP contribution in [0.1, 0.15) is 67.3 Å². The van der Waals surface area contributed by atoms with Crippen molar-refractivity contribution < 1.29 is 58.9 Å². The largest absolute Gasteiger partial charge is 4.00 e. The standard InChI is InChI=1S/C23H35Si.3ClH.Ti/c1-9-11-15-24(8,22-14-12-13-21(22)10-2)23-19(6)17(4)16(3)18(5)20(23)7;;;;/h13H,9-12,15H2,1-8H3;3*1H;/q-1;;;;+4/p-3. The van der Waals surface area contributed by atoms with Crippen LogP contribution >= 0.6 is 0 Å². The third-order valence-electron chi connectivity index (χ3n) is 6.46. The summed E-state index contributed by atoms with van der Waals surface area (Å²) in [6.07, 6.45) is 11.0. The third kappa shape index (κ3) is 6.02. The fourth-order valence-electron chi connectivity index (χ4n) is 4.60. The number of benzene rings is 1. The molecule has 0 nitrogen and oxygen atoms in total. The fraction of sp³-hybridized carbons (Fsp3) is 0.565. The van der Waals surface area contributed by atoms with Gasteiger partial charge in [-0.25, -0.2) is 10.8 Å². The molecular formula is C23H35Cl3SiTi. The molecule has 5 heteroatoms. The van der Waals surface area contributed by atoms with Crippen LogP contribution in [0.15, 0.2) is 16.8 Å². The summed E-state index contributed by atoms with van der Waals surface area (Å²) in [7, 11) is -1.74. The van der Waals surface area contributed by atoms with Crippen LogP contribution in [0.4, 0.5) is 0 Å². The molecule has 0 aliphatic heterocycles. The Morgan fingerprint density at radius 1 is 0.857 bits per heavy atom. The number of halogens is 3. The molecule has 0 saturated heterocycles. The molecule has 1 aromatic carbocycles. The van der Waals surface area contributed by atoms with Crippen molar-refractivity contribution in [3.05, 3.63) is 50.7 Å². The number of allylic oxidation sites excluding steroid dienone is 4. The summed E-state index contributed by atoms with van der Waals surface area (Å²) < 4.78 is 0. The van der Waals surface area contributed by atoms with E-state index in [0.29, 0.717) is 0 Å². The zero-order chi connectivity index (χ0) is 18.1. The van der Waals surface area contributed by atoms with E-state index in [4.69, 9.17) is 0 Å². The molecule has 1 aromatic rings. The SMILES string of the molecule is CCCC[Si](C)(C1=[C-]CC=C1CC)c1c(C)c(C)c(C)c(C)c1C.[Cl-].[Cl-].[Cl-].[Ti+4]. The summed E-state index contributed by atoms with van der Waals surface area (Å²) in [5, 5.41) is 3.33. The maximum Gasteiger partial charge on any atom is 4.00 e. The van der Waals surface area contributed by atoms with Crippen LogP contribution < -0.4 is 42.4 Å². The maximum absolute atomic E-state index is 3.80. The van der Waals surface area contributed by atoms with Gasteiger partial charge in [-0.05, 0) is 62.4 Å². The first-order valence-corrected chi connectivity index (χ1v) is 12.4. The van der Waals surface area contributed by atoms with Gasteiger partial charge < -0.3 is 37.2 Å². The van der Waals surface area contributed by atoms with Crippen molar-refractivity contribution in [2.75, 3.05) is 0 Å². The van der Waals surface area contributed by atoms with Gasteiger partial charge in [0.1, 0.15) is 0 Å². The van der Waals surface area contributed by atoms with Crippen LogP contribution in [-0.4, -0.2) is 8.07 Å². The first-order valence-electron chi connectivity index (χ1n) is 9.67. The monoisotopic (exact) mass is 492 g/mol. The molecule has 0 heterocycles. The number of unbranched alkanes of at least 4 members (excludes halogenated alkanes) is 1. The summed E-state index contributed by atoms with van der Waals surface area (Å²) in [6, 6.07) is 1.35. The average Bonchev–Trinajstić information content (AvgIpc) is 3.06. The molecule has 0 saturated carbocycles. The zero-order valence-electron chi connectivity index (χ0n) is 18.7. The molecular weight excluding hydrogens is 459 g/mol. The molecule has 1 aliphatic rings. The van der Waals surface area contributed by atoms with E-state index in [9.17, 15) is 0 Å². The van der Waals surface area contributed by atoms with Gasteiger partial charge >= 0.3 is 21.7 Å². The van der Waals surface area contributed by atoms with Gasteiger partial charge in [0, 0.05) is 0 Å². The van der Waals surface area contributed by atoms with E-state index in [1.807, 2.05) is 0 Å². The maximum atomic E-state index is 3.80. The Morgan fingerprint density at radius 2 is 1.32 bits per heavy atom. The van der Waals surface area contributed by atoms with Crippen molar-refractivity contribution in [2.45, 2.75) is 86.7 Å². The molecule has 0 spiro atoms. The second-order valence-electron chi connectivity index (χ2n) is 7.77. The van der Waals surface area contributed by atoms with E-state index in [-0.39, 0.29) is 58.9 Å². The number of hydrogen-bond acceptors (Lipinski definition) is 0. The smallest absolute Gasteiger partial charge is 1.00 e. The second-order valence-corrected chi connectivity index (χ2v) is 11.9. The molecule has 156 valence electrons. The summed E-state index contributed by atoms with van der Waals surface area (Å²) >= 11 is 0. The van der Waals surface area contributed by atoms with E-state index >= 15 is 0 Å². The molecule has 1 unspecified atom stereocenters. The van der Waals surface area contributed by atoms with Gasteiger partial charge in [0.15, 0.2) is 0 Å². The minimum absolute atomic E-state index is 0.